The molecule has 0 spiro atoms. The van der Waals surface area contributed by atoms with Crippen molar-refractivity contribution in [1.82, 2.24) is 5.32 Å². The maximum absolute atomic E-state index is 11.2. The Balaban J connectivity index is 3.17. The number of amides is 1. The number of alkyl halides is 3. The predicted molar refractivity (Wildman–Crippen MR) is 24.7 cm³/mol. The second-order valence-electron chi connectivity index (χ2n) is 1.44. The molecule has 54 valence electrons. The van der Waals surface area contributed by atoms with Gasteiger partial charge in [0.25, 0.3) is 0 Å². The number of nitrogens with one attached hydrogen (secondary N) is 1. The number of hydrogen-bond donors (Lipinski definition) is 1. The van der Waals surface area contributed by atoms with Crippen LogP contribution in [0.4, 0.5) is 13.2 Å². The molecule has 0 aromatic carbocycles. The summed E-state index contributed by atoms with van der Waals surface area (Å²) < 4.78 is 33.7. The second-order valence-corrected chi connectivity index (χ2v) is 1.44. The van der Waals surface area contributed by atoms with Gasteiger partial charge in [0.2, 0.25) is 6.41 Å². The monoisotopic (exact) mass is 141 g/mol. The molecule has 0 aliphatic rings. The van der Waals surface area contributed by atoms with Crippen LogP contribution in [0.3, 0.4) is 0 Å². The Morgan fingerprint density at radius 3 is 2.33 bits per heavy atom. The molecule has 0 bridgehead atoms. The van der Waals surface area contributed by atoms with Gasteiger partial charge in [0.15, 0.2) is 0 Å². The van der Waals surface area contributed by atoms with Crippen LogP contribution in [-0.2, 0) is 4.79 Å². The molecule has 0 heterocycles. The van der Waals surface area contributed by atoms with Gasteiger partial charge in [-0.05, 0) is 0 Å². The molecule has 0 atom stereocenters. The van der Waals surface area contributed by atoms with Crippen LogP contribution in [0.1, 0.15) is 6.42 Å². The molecule has 0 aliphatic heterocycles. The van der Waals surface area contributed by atoms with Crippen LogP contribution in [0, 0.1) is 0 Å². The highest BCUT2D eigenvalue weighted by atomic mass is 19.4. The predicted octanol–water partition coefficient (Wildman–Crippen LogP) is 0.685. The van der Waals surface area contributed by atoms with Crippen molar-refractivity contribution in [3.63, 3.8) is 0 Å². The van der Waals surface area contributed by atoms with E-state index >= 15 is 0 Å². The average molecular weight is 141 g/mol. The first kappa shape index (κ1) is 8.26. The lowest BCUT2D eigenvalue weighted by atomic mass is 10.4. The van der Waals surface area contributed by atoms with E-state index in [2.05, 4.69) is 0 Å². The highest BCUT2D eigenvalue weighted by Crippen LogP contribution is 2.17. The van der Waals surface area contributed by atoms with Gasteiger partial charge < -0.3 is 5.32 Å². The topological polar surface area (TPSA) is 29.1 Å². The average Bonchev–Trinajstić information content (AvgIpc) is 1.63. The first-order valence-corrected chi connectivity index (χ1v) is 2.30. The van der Waals surface area contributed by atoms with E-state index in [1.165, 1.54) is 0 Å². The molecule has 0 aromatic rings. The Bertz CT molecular complexity index is 90.3. The third-order valence-corrected chi connectivity index (χ3v) is 0.636. The van der Waals surface area contributed by atoms with Crippen molar-refractivity contribution in [3.05, 3.63) is 0 Å². The van der Waals surface area contributed by atoms with Gasteiger partial charge in [-0.3, -0.25) is 4.79 Å². The first-order valence-electron chi connectivity index (χ1n) is 2.30. The van der Waals surface area contributed by atoms with Gasteiger partial charge >= 0.3 is 6.18 Å². The van der Waals surface area contributed by atoms with E-state index in [0.717, 1.165) is 0 Å². The van der Waals surface area contributed by atoms with Crippen molar-refractivity contribution in [3.8, 4) is 0 Å². The molecule has 1 amide bonds. The maximum atomic E-state index is 11.2. The zero-order valence-corrected chi connectivity index (χ0v) is 4.53. The molecule has 5 heteroatoms. The fraction of sp³-hybridized carbons (Fsp3) is 0.750. The molecule has 0 aromatic heterocycles. The van der Waals surface area contributed by atoms with Crippen LogP contribution in [0.5, 0.6) is 0 Å². The highest BCUT2D eigenvalue weighted by Gasteiger charge is 2.25. The Morgan fingerprint density at radius 2 is 2.00 bits per heavy atom. The van der Waals surface area contributed by atoms with E-state index in [1.54, 1.807) is 0 Å². The second kappa shape index (κ2) is 3.32. The van der Waals surface area contributed by atoms with Gasteiger partial charge in [0.1, 0.15) is 0 Å². The first-order chi connectivity index (χ1) is 4.06. The Labute approximate surface area is 50.0 Å². The van der Waals surface area contributed by atoms with Crippen LogP contribution in [0.2, 0.25) is 0 Å². The zero-order valence-electron chi connectivity index (χ0n) is 4.53. The third-order valence-electron chi connectivity index (χ3n) is 0.636. The molecule has 0 saturated carbocycles. The summed E-state index contributed by atoms with van der Waals surface area (Å²) in [4.78, 5) is 9.41. The highest BCUT2D eigenvalue weighted by molar-refractivity contribution is 5.45. The largest absolute Gasteiger partial charge is 0.390 e. The summed E-state index contributed by atoms with van der Waals surface area (Å²) in [6.07, 6.45) is -4.90. The Morgan fingerprint density at radius 1 is 1.44 bits per heavy atom. The van der Waals surface area contributed by atoms with Crippen molar-refractivity contribution in [2.75, 3.05) is 6.54 Å². The lowest BCUT2D eigenvalue weighted by Crippen LogP contribution is -2.19. The van der Waals surface area contributed by atoms with Crippen LogP contribution in [0.15, 0.2) is 0 Å². The molecule has 0 fully saturated rings. The molecule has 0 saturated heterocycles. The van der Waals surface area contributed by atoms with Crippen molar-refractivity contribution in [2.24, 2.45) is 0 Å². The summed E-state index contributed by atoms with van der Waals surface area (Å²) >= 11 is 0. The fourth-order valence-corrected chi connectivity index (χ4v) is 0.273. The van der Waals surface area contributed by atoms with E-state index in [1.807, 2.05) is 5.32 Å². The molecule has 2 nitrogen and oxygen atoms in total. The normalized spacial score (nSPS) is 11.0. The summed E-state index contributed by atoms with van der Waals surface area (Å²) in [5, 5.41) is 1.90. The zero-order chi connectivity index (χ0) is 7.33. The minimum absolute atomic E-state index is 0.242. The fourth-order valence-electron chi connectivity index (χ4n) is 0.273. The van der Waals surface area contributed by atoms with Crippen molar-refractivity contribution < 1.29 is 18.0 Å². The molecule has 1 N–H and O–H groups in total. The SMILES string of the molecule is O=CNCCC(F)(F)F. The van der Waals surface area contributed by atoms with E-state index in [9.17, 15) is 18.0 Å². The minimum Gasteiger partial charge on any atom is -0.358 e. The lowest BCUT2D eigenvalue weighted by molar-refractivity contribution is -0.134. The van der Waals surface area contributed by atoms with Gasteiger partial charge in [0, 0.05) is 6.54 Å². The third kappa shape index (κ3) is 7.26. The summed E-state index contributed by atoms with van der Waals surface area (Å²) in [6.45, 7) is -0.340. The summed E-state index contributed by atoms with van der Waals surface area (Å²) in [5.74, 6) is 0. The van der Waals surface area contributed by atoms with Gasteiger partial charge in [-0.1, -0.05) is 0 Å². The summed E-state index contributed by atoms with van der Waals surface area (Å²) in [5.41, 5.74) is 0. The number of hydrogen-bond acceptors (Lipinski definition) is 1. The Hall–Kier alpha value is -0.740. The van der Waals surface area contributed by atoms with Crippen molar-refractivity contribution in [1.29, 1.82) is 0 Å². The van der Waals surface area contributed by atoms with E-state index in [0.29, 0.717) is 0 Å². The molecule has 0 rings (SSSR count). The van der Waals surface area contributed by atoms with Crippen LogP contribution >= 0.6 is 0 Å². The van der Waals surface area contributed by atoms with Gasteiger partial charge in [-0.2, -0.15) is 13.2 Å². The molecular formula is C4H6F3NO. The Kier molecular flexibility index (Phi) is 3.05. The van der Waals surface area contributed by atoms with Crippen molar-refractivity contribution >= 4 is 6.41 Å². The van der Waals surface area contributed by atoms with Crippen LogP contribution < -0.4 is 5.32 Å². The number of rotatable bonds is 3. The molecule has 9 heavy (non-hydrogen) atoms. The van der Waals surface area contributed by atoms with E-state index in [-0.39, 0.29) is 13.0 Å². The smallest absolute Gasteiger partial charge is 0.358 e. The van der Waals surface area contributed by atoms with Crippen molar-refractivity contribution in [2.45, 2.75) is 12.6 Å². The van der Waals surface area contributed by atoms with Crippen LogP contribution in [-0.4, -0.2) is 19.1 Å². The standard InChI is InChI=1S/C4H6F3NO/c5-4(6,7)1-2-8-3-9/h3H,1-2H2,(H,8,9). The van der Waals surface area contributed by atoms with Gasteiger partial charge in [-0.15, -0.1) is 0 Å². The van der Waals surface area contributed by atoms with E-state index in [4.69, 9.17) is 0 Å². The minimum atomic E-state index is -4.17. The summed E-state index contributed by atoms with van der Waals surface area (Å²) in [7, 11) is 0. The maximum Gasteiger partial charge on any atom is 0.390 e. The quantitative estimate of drug-likeness (QED) is 0.454. The van der Waals surface area contributed by atoms with Gasteiger partial charge in [-0.25, -0.2) is 0 Å². The molecule has 0 aliphatic carbocycles. The lowest BCUT2D eigenvalue weighted by Gasteiger charge is -2.03. The van der Waals surface area contributed by atoms with Crippen LogP contribution in [0.25, 0.3) is 0 Å². The molecule has 0 unspecified atom stereocenters. The van der Waals surface area contributed by atoms with Gasteiger partial charge in [0.05, 0.1) is 6.42 Å². The molecule has 0 radical (unpaired) electrons. The number of carbonyl (C=O) groups excluding carboxylic acids is 1. The number of halogens is 3. The summed E-state index contributed by atoms with van der Waals surface area (Å²) in [6, 6.07) is 0. The van der Waals surface area contributed by atoms with E-state index < -0.39 is 12.6 Å². The molecular weight excluding hydrogens is 135 g/mol. The number of carbonyl (C=O) groups is 1.